The highest BCUT2D eigenvalue weighted by Crippen LogP contribution is 2.14. The second-order valence-corrected chi connectivity index (χ2v) is 5.34. The Morgan fingerprint density at radius 3 is 2.95 bits per heavy atom. The van der Waals surface area contributed by atoms with Crippen molar-refractivity contribution >= 4 is 5.91 Å². The molecule has 19 heavy (non-hydrogen) atoms. The van der Waals surface area contributed by atoms with E-state index in [1.165, 1.54) is 12.0 Å². The summed E-state index contributed by atoms with van der Waals surface area (Å²) in [6.07, 6.45) is 2.82. The Bertz CT molecular complexity index is 429. The summed E-state index contributed by atoms with van der Waals surface area (Å²) >= 11 is 0. The van der Waals surface area contributed by atoms with Gasteiger partial charge >= 0.3 is 0 Å². The van der Waals surface area contributed by atoms with Gasteiger partial charge in [-0.15, -0.1) is 0 Å². The Balaban J connectivity index is 1.94. The standard InChI is InChI=1S/C16H24N2O/c1-3-17-15-9-6-10-18(12-15)16(19)11-14-8-5-4-7-13(14)2/h4-5,7-8,15,17H,3,6,9-12H2,1-2H3. The minimum atomic E-state index is 0.261. The molecule has 1 aromatic rings. The molecule has 0 radical (unpaired) electrons. The summed E-state index contributed by atoms with van der Waals surface area (Å²) < 4.78 is 0. The van der Waals surface area contributed by atoms with Crippen LogP contribution in [0.2, 0.25) is 0 Å². The quantitative estimate of drug-likeness (QED) is 0.899. The molecule has 1 N–H and O–H groups in total. The highest BCUT2D eigenvalue weighted by molar-refractivity contribution is 5.79. The molecule has 0 spiro atoms. The average Bonchev–Trinajstić information content (AvgIpc) is 2.42. The second kappa shape index (κ2) is 6.71. The van der Waals surface area contributed by atoms with Crippen molar-refractivity contribution < 1.29 is 4.79 Å². The van der Waals surface area contributed by atoms with E-state index in [0.29, 0.717) is 12.5 Å². The number of rotatable bonds is 4. The van der Waals surface area contributed by atoms with Gasteiger partial charge in [-0.3, -0.25) is 4.79 Å². The molecule has 3 nitrogen and oxygen atoms in total. The number of nitrogens with one attached hydrogen (secondary N) is 1. The lowest BCUT2D eigenvalue weighted by molar-refractivity contribution is -0.131. The topological polar surface area (TPSA) is 32.3 Å². The van der Waals surface area contributed by atoms with Crippen molar-refractivity contribution in [2.75, 3.05) is 19.6 Å². The number of likely N-dealkylation sites (tertiary alicyclic amines) is 1. The number of likely N-dealkylation sites (N-methyl/N-ethyl adjacent to an activating group) is 1. The van der Waals surface area contributed by atoms with Gasteiger partial charge in [0.05, 0.1) is 6.42 Å². The number of carbonyl (C=O) groups excluding carboxylic acids is 1. The molecule has 104 valence electrons. The number of hydrogen-bond acceptors (Lipinski definition) is 2. The van der Waals surface area contributed by atoms with Gasteiger partial charge in [0.25, 0.3) is 0 Å². The van der Waals surface area contributed by atoms with Gasteiger partial charge in [-0.2, -0.15) is 0 Å². The Hall–Kier alpha value is -1.35. The van der Waals surface area contributed by atoms with Crippen molar-refractivity contribution in [3.8, 4) is 0 Å². The van der Waals surface area contributed by atoms with Crippen molar-refractivity contribution in [1.29, 1.82) is 0 Å². The zero-order valence-electron chi connectivity index (χ0n) is 12.0. The number of aryl methyl sites for hydroxylation is 1. The molecule has 1 amide bonds. The smallest absolute Gasteiger partial charge is 0.227 e. The molecular formula is C16H24N2O. The van der Waals surface area contributed by atoms with Crippen molar-refractivity contribution in [1.82, 2.24) is 10.2 Å². The molecule has 1 aliphatic heterocycles. The number of carbonyl (C=O) groups is 1. The van der Waals surface area contributed by atoms with Crippen LogP contribution >= 0.6 is 0 Å². The summed E-state index contributed by atoms with van der Waals surface area (Å²) in [4.78, 5) is 14.4. The number of benzene rings is 1. The van der Waals surface area contributed by atoms with Crippen LogP contribution in [0.4, 0.5) is 0 Å². The highest BCUT2D eigenvalue weighted by atomic mass is 16.2. The summed E-state index contributed by atoms with van der Waals surface area (Å²) in [6, 6.07) is 8.62. The Labute approximate surface area is 116 Å². The molecule has 1 aromatic carbocycles. The van der Waals surface area contributed by atoms with Gasteiger partial charge in [-0.1, -0.05) is 31.2 Å². The molecular weight excluding hydrogens is 236 g/mol. The number of amides is 1. The maximum Gasteiger partial charge on any atom is 0.227 e. The van der Waals surface area contributed by atoms with Gasteiger partial charge in [0.1, 0.15) is 0 Å². The Kier molecular flexibility index (Phi) is 4.97. The second-order valence-electron chi connectivity index (χ2n) is 5.34. The Morgan fingerprint density at radius 1 is 1.42 bits per heavy atom. The van der Waals surface area contributed by atoms with Gasteiger partial charge < -0.3 is 10.2 Å². The molecule has 1 fully saturated rings. The van der Waals surface area contributed by atoms with Gasteiger partial charge in [0.2, 0.25) is 5.91 Å². The lowest BCUT2D eigenvalue weighted by atomic mass is 10.0. The fourth-order valence-corrected chi connectivity index (χ4v) is 2.74. The first-order valence-electron chi connectivity index (χ1n) is 7.26. The molecule has 2 rings (SSSR count). The third-order valence-electron chi connectivity index (χ3n) is 3.87. The molecule has 1 aliphatic rings. The van der Waals surface area contributed by atoms with Gasteiger partial charge in [0, 0.05) is 19.1 Å². The Morgan fingerprint density at radius 2 is 2.21 bits per heavy atom. The van der Waals surface area contributed by atoms with E-state index in [1.54, 1.807) is 0 Å². The fraction of sp³-hybridized carbons (Fsp3) is 0.562. The molecule has 0 saturated carbocycles. The number of hydrogen-bond donors (Lipinski definition) is 1. The molecule has 0 bridgehead atoms. The molecule has 1 atom stereocenters. The monoisotopic (exact) mass is 260 g/mol. The van der Waals surface area contributed by atoms with E-state index in [9.17, 15) is 4.79 Å². The van der Waals surface area contributed by atoms with E-state index in [2.05, 4.69) is 31.3 Å². The van der Waals surface area contributed by atoms with Gasteiger partial charge in [-0.25, -0.2) is 0 Å². The third kappa shape index (κ3) is 3.80. The number of nitrogens with zero attached hydrogens (tertiary/aromatic N) is 1. The first-order chi connectivity index (χ1) is 9.20. The zero-order valence-corrected chi connectivity index (χ0v) is 12.0. The van der Waals surface area contributed by atoms with Crippen LogP contribution in [0.25, 0.3) is 0 Å². The lowest BCUT2D eigenvalue weighted by Gasteiger charge is -2.33. The zero-order chi connectivity index (χ0) is 13.7. The highest BCUT2D eigenvalue weighted by Gasteiger charge is 2.23. The minimum absolute atomic E-state index is 0.261. The van der Waals surface area contributed by atoms with Crippen LogP contribution in [0.5, 0.6) is 0 Å². The largest absolute Gasteiger partial charge is 0.341 e. The van der Waals surface area contributed by atoms with Gasteiger partial charge in [-0.05, 0) is 37.4 Å². The van der Waals surface area contributed by atoms with Crippen molar-refractivity contribution in [3.63, 3.8) is 0 Å². The maximum absolute atomic E-state index is 12.4. The summed E-state index contributed by atoms with van der Waals surface area (Å²) in [5.74, 6) is 0.261. The summed E-state index contributed by atoms with van der Waals surface area (Å²) in [5, 5.41) is 3.45. The van der Waals surface area contributed by atoms with E-state index >= 15 is 0 Å². The summed E-state index contributed by atoms with van der Waals surface area (Å²) in [5.41, 5.74) is 2.36. The molecule has 1 heterocycles. The van der Waals surface area contributed by atoms with E-state index in [0.717, 1.165) is 31.6 Å². The van der Waals surface area contributed by atoms with Crippen molar-refractivity contribution in [2.45, 2.75) is 39.2 Å². The van der Waals surface area contributed by atoms with Crippen LogP contribution in [0.3, 0.4) is 0 Å². The molecule has 3 heteroatoms. The van der Waals surface area contributed by atoms with E-state index < -0.39 is 0 Å². The van der Waals surface area contributed by atoms with Crippen LogP contribution in [0.15, 0.2) is 24.3 Å². The van der Waals surface area contributed by atoms with Crippen molar-refractivity contribution in [2.24, 2.45) is 0 Å². The maximum atomic E-state index is 12.4. The minimum Gasteiger partial charge on any atom is -0.341 e. The number of piperidine rings is 1. The third-order valence-corrected chi connectivity index (χ3v) is 3.87. The first kappa shape index (κ1) is 14.1. The fourth-order valence-electron chi connectivity index (χ4n) is 2.74. The van der Waals surface area contributed by atoms with Gasteiger partial charge in [0.15, 0.2) is 0 Å². The average molecular weight is 260 g/mol. The first-order valence-corrected chi connectivity index (χ1v) is 7.26. The van der Waals surface area contributed by atoms with Crippen LogP contribution in [0, 0.1) is 6.92 Å². The normalized spacial score (nSPS) is 19.5. The predicted octanol–water partition coefficient (Wildman–Crippen LogP) is 2.14. The van der Waals surface area contributed by atoms with E-state index in [4.69, 9.17) is 0 Å². The van der Waals surface area contributed by atoms with E-state index in [1.807, 2.05) is 17.0 Å². The molecule has 1 saturated heterocycles. The summed E-state index contributed by atoms with van der Waals surface area (Å²) in [7, 11) is 0. The SMILES string of the molecule is CCNC1CCCN(C(=O)Cc2ccccc2C)C1. The lowest BCUT2D eigenvalue weighted by Crippen LogP contribution is -2.48. The molecule has 1 unspecified atom stereocenters. The van der Waals surface area contributed by atoms with Crippen LogP contribution < -0.4 is 5.32 Å². The summed E-state index contributed by atoms with van der Waals surface area (Å²) in [6.45, 7) is 6.93. The van der Waals surface area contributed by atoms with Crippen molar-refractivity contribution in [3.05, 3.63) is 35.4 Å². The van der Waals surface area contributed by atoms with Crippen LogP contribution in [0.1, 0.15) is 30.9 Å². The molecule has 0 aliphatic carbocycles. The van der Waals surface area contributed by atoms with Crippen LogP contribution in [-0.2, 0) is 11.2 Å². The predicted molar refractivity (Wildman–Crippen MR) is 78.2 cm³/mol. The molecule has 0 aromatic heterocycles. The van der Waals surface area contributed by atoms with E-state index in [-0.39, 0.29) is 5.91 Å². The van der Waals surface area contributed by atoms with Crippen LogP contribution in [-0.4, -0.2) is 36.5 Å².